The summed E-state index contributed by atoms with van der Waals surface area (Å²) >= 11 is 0. The lowest BCUT2D eigenvalue weighted by molar-refractivity contribution is -0.132. The van der Waals surface area contributed by atoms with Crippen molar-refractivity contribution in [3.63, 3.8) is 0 Å². The first-order chi connectivity index (χ1) is 31.0. The number of hydrogen-bond acceptors (Lipinski definition) is 13. The summed E-state index contributed by atoms with van der Waals surface area (Å²) in [6.07, 6.45) is 1.95. The molecule has 0 aromatic heterocycles. The van der Waals surface area contributed by atoms with Crippen LogP contribution in [-0.2, 0) is 28.8 Å². The fourth-order valence-corrected chi connectivity index (χ4v) is 4.76. The third kappa shape index (κ3) is 15.8. The normalized spacial score (nSPS) is 10.0. The van der Waals surface area contributed by atoms with E-state index in [4.69, 9.17) is 33.2 Å². The van der Waals surface area contributed by atoms with Crippen molar-refractivity contribution in [1.29, 1.82) is 0 Å². The number of rotatable bonds is 17. The first kappa shape index (κ1) is 52.0. The first-order valence-electron chi connectivity index (χ1n) is 20.0. The van der Waals surface area contributed by atoms with Gasteiger partial charge in [0.25, 0.3) is 0 Å². The SMILES string of the molecule is C=C(C)C(=O)Oc1ccc(-c2ccc(OC(=O)C(=C)C)c(OC(=O)C(=C)C)c2)cc1OC(=O)C(=C)C.C=C(C)C(=O)Oc1ccc(-c2ccc(OC(=O)C(=C)C)cc2OCC=C(C)C)cc1. The monoisotopic (exact) mass is 896 g/mol. The second kappa shape index (κ2) is 23.9. The van der Waals surface area contributed by atoms with Gasteiger partial charge in [-0.1, -0.05) is 69.3 Å². The Kier molecular flexibility index (Phi) is 18.9. The molecular formula is C53H52O13. The Morgan fingerprint density at radius 2 is 0.712 bits per heavy atom. The lowest BCUT2D eigenvalue weighted by Crippen LogP contribution is -2.13. The van der Waals surface area contributed by atoms with Gasteiger partial charge in [0.2, 0.25) is 0 Å². The highest BCUT2D eigenvalue weighted by atomic mass is 16.6. The van der Waals surface area contributed by atoms with Crippen LogP contribution in [-0.4, -0.2) is 42.4 Å². The fraction of sp³-hybridized carbons (Fsp3) is 0.170. The van der Waals surface area contributed by atoms with E-state index in [0.717, 1.165) is 16.7 Å². The lowest BCUT2D eigenvalue weighted by atomic mass is 10.0. The maximum Gasteiger partial charge on any atom is 0.338 e. The minimum Gasteiger partial charge on any atom is -0.489 e. The van der Waals surface area contributed by atoms with Gasteiger partial charge in [0, 0.05) is 45.1 Å². The number of carbonyl (C=O) groups is 6. The molecule has 4 rings (SSSR count). The van der Waals surface area contributed by atoms with Gasteiger partial charge >= 0.3 is 35.8 Å². The zero-order valence-electron chi connectivity index (χ0n) is 38.3. The fourth-order valence-electron chi connectivity index (χ4n) is 4.76. The van der Waals surface area contributed by atoms with E-state index in [2.05, 4.69) is 39.5 Å². The van der Waals surface area contributed by atoms with Crippen LogP contribution in [0.2, 0.25) is 0 Å². The standard InChI is InChI=1S/C28H26O8.C25H26O5/c1-15(2)25(29)33-21-11-9-19(13-23(21)35-27(31)17(5)6)20-10-12-22(34-26(30)16(3)4)24(14-20)36-28(32)18(7)8;1-16(2)13-14-28-23-15-21(30-25(27)18(5)6)11-12-22(23)19-7-9-20(10-8-19)29-24(26)17(3)4/h9-14H,1,3,5,7H2,2,4,6,8H3;7-13,15H,3,5,14H2,1-2,4,6H3. The average molecular weight is 897 g/mol. The lowest BCUT2D eigenvalue weighted by Gasteiger charge is -2.14. The van der Waals surface area contributed by atoms with E-state index in [9.17, 15) is 28.8 Å². The van der Waals surface area contributed by atoms with E-state index < -0.39 is 35.8 Å². The molecule has 0 atom stereocenters. The van der Waals surface area contributed by atoms with Crippen molar-refractivity contribution in [2.24, 2.45) is 0 Å². The quantitative estimate of drug-likeness (QED) is 0.0425. The molecule has 0 aliphatic carbocycles. The van der Waals surface area contributed by atoms with Gasteiger partial charge in [-0.2, -0.15) is 0 Å². The second-order valence-corrected chi connectivity index (χ2v) is 15.1. The van der Waals surface area contributed by atoms with Crippen LogP contribution in [0.5, 0.6) is 40.2 Å². The third-order valence-corrected chi connectivity index (χ3v) is 8.39. The summed E-state index contributed by atoms with van der Waals surface area (Å²) in [6, 6.07) is 21.2. The molecule has 13 nitrogen and oxygen atoms in total. The van der Waals surface area contributed by atoms with Crippen LogP contribution in [0, 0.1) is 0 Å². The van der Waals surface area contributed by atoms with Crippen molar-refractivity contribution < 1.29 is 61.9 Å². The highest BCUT2D eigenvalue weighted by Gasteiger charge is 2.20. The van der Waals surface area contributed by atoms with Gasteiger partial charge in [-0.05, 0) is 127 Å². The number of hydrogen-bond donors (Lipinski definition) is 0. The summed E-state index contributed by atoms with van der Waals surface area (Å²) in [5.41, 5.74) is 5.01. The molecule has 66 heavy (non-hydrogen) atoms. The minimum atomic E-state index is -0.724. The van der Waals surface area contributed by atoms with Gasteiger partial charge in [-0.25, -0.2) is 28.8 Å². The molecule has 0 amide bonds. The Balaban J connectivity index is 0.000000356. The molecule has 0 heterocycles. The molecule has 4 aromatic carbocycles. The zero-order valence-corrected chi connectivity index (χ0v) is 38.3. The topological polar surface area (TPSA) is 167 Å². The van der Waals surface area contributed by atoms with E-state index >= 15 is 0 Å². The van der Waals surface area contributed by atoms with Gasteiger partial charge in [0.05, 0.1) is 0 Å². The number of esters is 6. The smallest absolute Gasteiger partial charge is 0.338 e. The van der Waals surface area contributed by atoms with Gasteiger partial charge < -0.3 is 33.2 Å². The average Bonchev–Trinajstić information content (AvgIpc) is 3.25. The molecular weight excluding hydrogens is 845 g/mol. The first-order valence-corrected chi connectivity index (χ1v) is 20.0. The summed E-state index contributed by atoms with van der Waals surface area (Å²) in [4.78, 5) is 71.9. The van der Waals surface area contributed by atoms with E-state index in [1.54, 1.807) is 50.2 Å². The molecule has 0 unspecified atom stereocenters. The third-order valence-electron chi connectivity index (χ3n) is 8.39. The van der Waals surface area contributed by atoms with Crippen LogP contribution >= 0.6 is 0 Å². The molecule has 0 bridgehead atoms. The van der Waals surface area contributed by atoms with E-state index in [0.29, 0.717) is 46.1 Å². The predicted octanol–water partition coefficient (Wildman–Crippen LogP) is 10.9. The Morgan fingerprint density at radius 1 is 0.379 bits per heavy atom. The maximum atomic E-state index is 12.2. The largest absolute Gasteiger partial charge is 0.489 e. The van der Waals surface area contributed by atoms with Crippen LogP contribution in [0.25, 0.3) is 22.3 Å². The van der Waals surface area contributed by atoms with Crippen molar-refractivity contribution >= 4 is 35.8 Å². The van der Waals surface area contributed by atoms with Gasteiger partial charge in [-0.3, -0.25) is 0 Å². The molecule has 0 saturated carbocycles. The molecule has 0 aliphatic rings. The van der Waals surface area contributed by atoms with Crippen LogP contribution in [0.15, 0.2) is 163 Å². The van der Waals surface area contributed by atoms with E-state index in [1.165, 1.54) is 52.0 Å². The molecule has 0 spiro atoms. The molecule has 0 fully saturated rings. The molecule has 0 aliphatic heterocycles. The highest BCUT2D eigenvalue weighted by molar-refractivity contribution is 5.93. The van der Waals surface area contributed by atoms with Gasteiger partial charge in [0.15, 0.2) is 23.0 Å². The summed E-state index contributed by atoms with van der Waals surface area (Å²) in [5.74, 6) is -2.59. The van der Waals surface area contributed by atoms with Crippen molar-refractivity contribution in [3.8, 4) is 62.5 Å². The summed E-state index contributed by atoms with van der Waals surface area (Å²) < 4.78 is 37.7. The number of ether oxygens (including phenoxy) is 7. The number of allylic oxidation sites excluding steroid dienone is 1. The van der Waals surface area contributed by atoms with Crippen LogP contribution in [0.3, 0.4) is 0 Å². The molecule has 0 radical (unpaired) electrons. The summed E-state index contributed by atoms with van der Waals surface area (Å²) in [6.45, 7) is 34.8. The summed E-state index contributed by atoms with van der Waals surface area (Å²) in [7, 11) is 0. The van der Waals surface area contributed by atoms with Crippen molar-refractivity contribution in [3.05, 3.63) is 163 Å². The maximum absolute atomic E-state index is 12.2. The van der Waals surface area contributed by atoms with Crippen molar-refractivity contribution in [2.45, 2.75) is 55.4 Å². The molecule has 342 valence electrons. The van der Waals surface area contributed by atoms with Crippen molar-refractivity contribution in [2.75, 3.05) is 6.61 Å². The Labute approximate surface area is 384 Å². The Bertz CT molecular complexity index is 2570. The minimum absolute atomic E-state index is 0.0118. The second-order valence-electron chi connectivity index (χ2n) is 15.1. The molecule has 4 aromatic rings. The number of benzene rings is 4. The van der Waals surface area contributed by atoms with Crippen LogP contribution < -0.4 is 33.2 Å². The highest BCUT2D eigenvalue weighted by Crippen LogP contribution is 2.38. The van der Waals surface area contributed by atoms with Crippen molar-refractivity contribution in [1.82, 2.24) is 0 Å². The molecule has 0 saturated heterocycles. The van der Waals surface area contributed by atoms with Crippen LogP contribution in [0.1, 0.15) is 55.4 Å². The Morgan fingerprint density at radius 3 is 1.09 bits per heavy atom. The molecule has 0 N–H and O–H groups in total. The predicted molar refractivity (Wildman–Crippen MR) is 251 cm³/mol. The molecule has 13 heteroatoms. The van der Waals surface area contributed by atoms with E-state index in [-0.39, 0.29) is 45.3 Å². The summed E-state index contributed by atoms with van der Waals surface area (Å²) in [5, 5.41) is 0. The van der Waals surface area contributed by atoms with Gasteiger partial charge in [-0.15, -0.1) is 0 Å². The van der Waals surface area contributed by atoms with Gasteiger partial charge in [0.1, 0.15) is 23.9 Å². The van der Waals surface area contributed by atoms with Crippen LogP contribution in [0.4, 0.5) is 0 Å². The zero-order chi connectivity index (χ0) is 49.4. The van der Waals surface area contributed by atoms with E-state index in [1.807, 2.05) is 38.1 Å². The Hall–Kier alpha value is -8.32. The number of carbonyl (C=O) groups excluding carboxylic acids is 6.